The molecule has 0 aromatic heterocycles. The van der Waals surface area contributed by atoms with Crippen LogP contribution in [0.15, 0.2) is 30.3 Å². The first-order valence-electron chi connectivity index (χ1n) is 10.3. The van der Waals surface area contributed by atoms with Gasteiger partial charge in [-0.2, -0.15) is 0 Å². The minimum atomic E-state index is -0.462. The maximum absolute atomic E-state index is 13.5. The average molecular weight is 370 g/mol. The van der Waals surface area contributed by atoms with Crippen LogP contribution in [-0.4, -0.2) is 77.9 Å². The molecule has 0 saturated carbocycles. The fourth-order valence-electron chi connectivity index (χ4n) is 4.89. The van der Waals surface area contributed by atoms with Crippen LogP contribution in [-0.2, 0) is 16.1 Å². The molecule has 6 nitrogen and oxygen atoms in total. The number of hydrogen-bond acceptors (Lipinski definition) is 4. The van der Waals surface area contributed by atoms with Crippen LogP contribution in [0.4, 0.5) is 0 Å². The molecule has 3 heterocycles. The summed E-state index contributed by atoms with van der Waals surface area (Å²) in [5, 5.41) is 3.29. The minimum absolute atomic E-state index is 0.172. The monoisotopic (exact) mass is 370 g/mol. The highest BCUT2D eigenvalue weighted by Crippen LogP contribution is 2.38. The summed E-state index contributed by atoms with van der Waals surface area (Å²) in [6.45, 7) is 5.98. The molecular weight excluding hydrogens is 340 g/mol. The van der Waals surface area contributed by atoms with Gasteiger partial charge in [0.1, 0.15) is 5.54 Å². The van der Waals surface area contributed by atoms with Crippen molar-refractivity contribution in [1.82, 2.24) is 20.0 Å². The number of nitrogens with one attached hydrogen (secondary N) is 1. The van der Waals surface area contributed by atoms with E-state index in [2.05, 4.69) is 22.3 Å². The molecule has 0 bridgehead atoms. The van der Waals surface area contributed by atoms with E-state index in [1.54, 1.807) is 0 Å². The molecule has 3 aliphatic rings. The first-order chi connectivity index (χ1) is 13.2. The van der Waals surface area contributed by atoms with Crippen LogP contribution in [0.3, 0.4) is 0 Å². The maximum atomic E-state index is 13.5. The van der Waals surface area contributed by atoms with Crippen molar-refractivity contribution in [1.29, 1.82) is 0 Å². The lowest BCUT2D eigenvalue weighted by Gasteiger charge is -2.45. The smallest absolute Gasteiger partial charge is 0.243 e. The number of carbonyl (C=O) groups is 2. The van der Waals surface area contributed by atoms with E-state index in [0.29, 0.717) is 13.1 Å². The predicted molar refractivity (Wildman–Crippen MR) is 104 cm³/mol. The molecular formula is C21H30N4O2. The molecule has 1 spiro atoms. The Morgan fingerprint density at radius 1 is 1.00 bits per heavy atom. The number of benzene rings is 1. The molecule has 6 heteroatoms. The number of nitrogens with zero attached hydrogens (tertiary/aromatic N) is 3. The Morgan fingerprint density at radius 3 is 2.44 bits per heavy atom. The Bertz CT molecular complexity index is 674. The summed E-state index contributed by atoms with van der Waals surface area (Å²) in [7, 11) is 0. The first kappa shape index (κ1) is 18.4. The van der Waals surface area contributed by atoms with E-state index in [0.717, 1.165) is 65.0 Å². The van der Waals surface area contributed by atoms with Crippen molar-refractivity contribution in [3.05, 3.63) is 35.9 Å². The lowest BCUT2D eigenvalue weighted by molar-refractivity contribution is -0.150. The molecule has 1 aromatic rings. The van der Waals surface area contributed by atoms with Crippen LogP contribution in [0.1, 0.15) is 31.2 Å². The van der Waals surface area contributed by atoms with E-state index < -0.39 is 5.54 Å². The normalized spacial score (nSPS) is 26.7. The standard InChI is InChI=1S/C21H30N4O2/c26-19(23-14-10-22-11-15-23)17-25-13-5-9-21(25)8-4-12-24(20(21)27)16-18-6-2-1-3-7-18/h1-3,6-7,22H,4-5,8-17H2. The van der Waals surface area contributed by atoms with Crippen LogP contribution in [0.5, 0.6) is 0 Å². The van der Waals surface area contributed by atoms with Gasteiger partial charge < -0.3 is 15.1 Å². The van der Waals surface area contributed by atoms with Crippen molar-refractivity contribution in [2.24, 2.45) is 0 Å². The minimum Gasteiger partial charge on any atom is -0.339 e. The molecule has 146 valence electrons. The summed E-state index contributed by atoms with van der Waals surface area (Å²) in [6.07, 6.45) is 3.77. The molecule has 3 fully saturated rings. The van der Waals surface area contributed by atoms with Crippen LogP contribution in [0, 0.1) is 0 Å². The fourth-order valence-corrected chi connectivity index (χ4v) is 4.89. The van der Waals surface area contributed by atoms with Crippen LogP contribution in [0.25, 0.3) is 0 Å². The highest BCUT2D eigenvalue weighted by molar-refractivity contribution is 5.88. The van der Waals surface area contributed by atoms with E-state index in [4.69, 9.17) is 0 Å². The third-order valence-corrected chi connectivity index (χ3v) is 6.34. The van der Waals surface area contributed by atoms with Crippen LogP contribution in [0.2, 0.25) is 0 Å². The maximum Gasteiger partial charge on any atom is 0.243 e. The Hall–Kier alpha value is -1.92. The molecule has 3 aliphatic heterocycles. The van der Waals surface area contributed by atoms with Gasteiger partial charge in [-0.25, -0.2) is 0 Å². The summed E-state index contributed by atoms with van der Waals surface area (Å²) in [5.74, 6) is 0.397. The highest BCUT2D eigenvalue weighted by Gasteiger charge is 2.51. The molecule has 1 unspecified atom stereocenters. The van der Waals surface area contributed by atoms with Crippen molar-refractivity contribution >= 4 is 11.8 Å². The van der Waals surface area contributed by atoms with E-state index in [-0.39, 0.29) is 11.8 Å². The van der Waals surface area contributed by atoms with Gasteiger partial charge in [-0.15, -0.1) is 0 Å². The second-order valence-electron chi connectivity index (χ2n) is 8.00. The van der Waals surface area contributed by atoms with Gasteiger partial charge in [-0.05, 0) is 37.8 Å². The topological polar surface area (TPSA) is 55.9 Å². The van der Waals surface area contributed by atoms with Crippen molar-refractivity contribution in [2.75, 3.05) is 45.8 Å². The summed E-state index contributed by atoms with van der Waals surface area (Å²) >= 11 is 0. The highest BCUT2D eigenvalue weighted by atomic mass is 16.2. The van der Waals surface area contributed by atoms with Crippen molar-refractivity contribution in [2.45, 2.75) is 37.8 Å². The molecule has 27 heavy (non-hydrogen) atoms. The van der Waals surface area contributed by atoms with Gasteiger partial charge >= 0.3 is 0 Å². The second-order valence-corrected chi connectivity index (χ2v) is 8.00. The van der Waals surface area contributed by atoms with Gasteiger partial charge in [0.05, 0.1) is 6.54 Å². The van der Waals surface area contributed by atoms with Crippen LogP contribution >= 0.6 is 0 Å². The molecule has 1 N–H and O–H groups in total. The van der Waals surface area contributed by atoms with Crippen LogP contribution < -0.4 is 5.32 Å². The van der Waals surface area contributed by atoms with E-state index in [9.17, 15) is 9.59 Å². The number of hydrogen-bond donors (Lipinski definition) is 1. The largest absolute Gasteiger partial charge is 0.339 e. The van der Waals surface area contributed by atoms with Crippen molar-refractivity contribution < 1.29 is 9.59 Å². The zero-order chi connectivity index (χ0) is 18.7. The summed E-state index contributed by atoms with van der Waals surface area (Å²) in [5.41, 5.74) is 0.709. The van der Waals surface area contributed by atoms with Crippen molar-refractivity contribution in [3.8, 4) is 0 Å². The zero-order valence-electron chi connectivity index (χ0n) is 16.0. The zero-order valence-corrected chi connectivity index (χ0v) is 16.0. The third kappa shape index (κ3) is 3.73. The summed E-state index contributed by atoms with van der Waals surface area (Å²) in [6, 6.07) is 10.2. The predicted octanol–water partition coefficient (Wildman–Crippen LogP) is 1.08. The number of rotatable bonds is 4. The SMILES string of the molecule is O=C(CN1CCCC12CCCN(Cc1ccccc1)C2=O)N1CCNCC1. The molecule has 0 radical (unpaired) electrons. The van der Waals surface area contributed by atoms with Gasteiger partial charge in [-0.1, -0.05) is 30.3 Å². The second kappa shape index (κ2) is 7.98. The number of likely N-dealkylation sites (tertiary alicyclic amines) is 2. The first-order valence-corrected chi connectivity index (χ1v) is 10.3. The van der Waals surface area contributed by atoms with Crippen molar-refractivity contribution in [3.63, 3.8) is 0 Å². The van der Waals surface area contributed by atoms with Gasteiger partial charge in [0.2, 0.25) is 11.8 Å². The lowest BCUT2D eigenvalue weighted by atomic mass is 9.85. The Balaban J connectivity index is 1.46. The number of amides is 2. The van der Waals surface area contributed by atoms with E-state index in [1.807, 2.05) is 28.0 Å². The number of piperazine rings is 1. The molecule has 1 aromatic carbocycles. The quantitative estimate of drug-likeness (QED) is 0.862. The molecule has 0 aliphatic carbocycles. The summed E-state index contributed by atoms with van der Waals surface area (Å²) < 4.78 is 0. The van der Waals surface area contributed by atoms with Gasteiger partial charge in [-0.3, -0.25) is 14.5 Å². The molecule has 4 rings (SSSR count). The molecule has 1 atom stereocenters. The van der Waals surface area contributed by atoms with E-state index in [1.165, 1.54) is 5.56 Å². The molecule has 2 amide bonds. The van der Waals surface area contributed by atoms with Gasteiger partial charge in [0.25, 0.3) is 0 Å². The Kier molecular flexibility index (Phi) is 5.45. The third-order valence-electron chi connectivity index (χ3n) is 6.34. The fraction of sp³-hybridized carbons (Fsp3) is 0.619. The Morgan fingerprint density at radius 2 is 1.70 bits per heavy atom. The van der Waals surface area contributed by atoms with Gasteiger partial charge in [0.15, 0.2) is 0 Å². The molecule has 3 saturated heterocycles. The Labute approximate surface area is 161 Å². The summed E-state index contributed by atoms with van der Waals surface area (Å²) in [4.78, 5) is 32.4. The number of carbonyl (C=O) groups excluding carboxylic acids is 2. The lowest BCUT2D eigenvalue weighted by Crippen LogP contribution is -2.61. The average Bonchev–Trinajstić information content (AvgIpc) is 3.10. The van der Waals surface area contributed by atoms with Gasteiger partial charge in [0, 0.05) is 39.3 Å². The number of piperidine rings is 1. The van der Waals surface area contributed by atoms with E-state index >= 15 is 0 Å².